The number of rotatable bonds is 2. The molecule has 2 aromatic rings. The standard InChI is InChI=1S/C19H18N4O4/c24-15-10-14-19(23(15)11-13(27-19)12-4-2-1-3-5-12)6-9-22(14)18(26)16-17(25)21-8-7-20-16/h1-5,7-8,13-14H,6,9-11H2,(H,21,25)/t13-,14-,19+/m1/s1. The van der Waals surface area contributed by atoms with Crippen molar-refractivity contribution in [3.63, 3.8) is 0 Å². The molecule has 0 radical (unpaired) electrons. The Kier molecular flexibility index (Phi) is 3.45. The van der Waals surface area contributed by atoms with Crippen LogP contribution in [0.15, 0.2) is 47.5 Å². The van der Waals surface area contributed by atoms with Crippen LogP contribution >= 0.6 is 0 Å². The Bertz CT molecular complexity index is 975. The Morgan fingerprint density at radius 3 is 2.85 bits per heavy atom. The number of amides is 2. The molecule has 0 saturated carbocycles. The maximum atomic E-state index is 12.9. The first-order valence-corrected chi connectivity index (χ1v) is 8.98. The molecule has 3 saturated heterocycles. The van der Waals surface area contributed by atoms with Gasteiger partial charge >= 0.3 is 0 Å². The summed E-state index contributed by atoms with van der Waals surface area (Å²) in [5.74, 6) is -0.481. The smallest absolute Gasteiger partial charge is 0.279 e. The molecule has 27 heavy (non-hydrogen) atoms. The van der Waals surface area contributed by atoms with Gasteiger partial charge in [-0.15, -0.1) is 0 Å². The fourth-order valence-electron chi connectivity index (χ4n) is 4.55. The molecule has 3 aliphatic rings. The second kappa shape index (κ2) is 5.75. The van der Waals surface area contributed by atoms with Gasteiger partial charge in [0.15, 0.2) is 11.4 Å². The Labute approximate surface area is 154 Å². The van der Waals surface area contributed by atoms with Crippen molar-refractivity contribution >= 4 is 11.8 Å². The summed E-state index contributed by atoms with van der Waals surface area (Å²) in [6, 6.07) is 9.37. The molecule has 1 spiro atoms. The molecule has 3 atom stereocenters. The maximum Gasteiger partial charge on any atom is 0.279 e. The van der Waals surface area contributed by atoms with Crippen LogP contribution in [-0.4, -0.2) is 56.4 Å². The maximum absolute atomic E-state index is 12.9. The molecular formula is C19H18N4O4. The number of benzene rings is 1. The lowest BCUT2D eigenvalue weighted by Crippen LogP contribution is -2.49. The molecule has 3 fully saturated rings. The van der Waals surface area contributed by atoms with E-state index in [2.05, 4.69) is 9.97 Å². The highest BCUT2D eigenvalue weighted by Crippen LogP contribution is 2.50. The van der Waals surface area contributed by atoms with E-state index < -0.39 is 23.2 Å². The van der Waals surface area contributed by atoms with Crippen molar-refractivity contribution in [2.75, 3.05) is 13.1 Å². The zero-order chi connectivity index (χ0) is 18.6. The summed E-state index contributed by atoms with van der Waals surface area (Å²) < 4.78 is 6.40. The van der Waals surface area contributed by atoms with E-state index in [-0.39, 0.29) is 24.1 Å². The third-order valence-electron chi connectivity index (χ3n) is 5.77. The van der Waals surface area contributed by atoms with Crippen LogP contribution in [0, 0.1) is 0 Å². The van der Waals surface area contributed by atoms with E-state index in [1.165, 1.54) is 12.4 Å². The fraction of sp³-hybridized carbons (Fsp3) is 0.368. The normalized spacial score (nSPS) is 29.1. The van der Waals surface area contributed by atoms with Crippen molar-refractivity contribution in [2.45, 2.75) is 30.7 Å². The minimum absolute atomic E-state index is 0.0224. The average Bonchev–Trinajstić information content (AvgIpc) is 3.31. The fourth-order valence-corrected chi connectivity index (χ4v) is 4.55. The molecule has 3 aliphatic heterocycles. The van der Waals surface area contributed by atoms with Crippen molar-refractivity contribution in [1.29, 1.82) is 0 Å². The minimum atomic E-state index is -0.811. The van der Waals surface area contributed by atoms with Gasteiger partial charge in [0.2, 0.25) is 5.91 Å². The van der Waals surface area contributed by atoms with Crippen LogP contribution in [-0.2, 0) is 9.53 Å². The van der Waals surface area contributed by atoms with E-state index in [0.717, 1.165) is 5.56 Å². The number of ether oxygens (including phenoxy) is 1. The summed E-state index contributed by atoms with van der Waals surface area (Å²) in [6.45, 7) is 0.899. The van der Waals surface area contributed by atoms with Crippen LogP contribution in [0.5, 0.6) is 0 Å². The van der Waals surface area contributed by atoms with E-state index in [0.29, 0.717) is 19.5 Å². The Hall–Kier alpha value is -3.00. The number of carbonyl (C=O) groups is 2. The first-order chi connectivity index (χ1) is 13.1. The van der Waals surface area contributed by atoms with Crippen molar-refractivity contribution < 1.29 is 14.3 Å². The van der Waals surface area contributed by atoms with Gasteiger partial charge in [-0.25, -0.2) is 4.98 Å². The predicted octanol–water partition coefficient (Wildman–Crippen LogP) is 0.684. The summed E-state index contributed by atoms with van der Waals surface area (Å²) in [4.78, 5) is 47.3. The largest absolute Gasteiger partial charge is 0.343 e. The third kappa shape index (κ3) is 2.26. The van der Waals surface area contributed by atoms with Crippen LogP contribution in [0.1, 0.15) is 35.0 Å². The first-order valence-electron chi connectivity index (χ1n) is 8.98. The predicted molar refractivity (Wildman–Crippen MR) is 93.6 cm³/mol. The second-order valence-electron chi connectivity index (χ2n) is 7.10. The number of nitrogens with zero attached hydrogens (tertiary/aromatic N) is 3. The molecule has 4 heterocycles. The van der Waals surface area contributed by atoms with Crippen LogP contribution in [0.25, 0.3) is 0 Å². The topological polar surface area (TPSA) is 95.6 Å². The Morgan fingerprint density at radius 1 is 1.26 bits per heavy atom. The van der Waals surface area contributed by atoms with E-state index in [9.17, 15) is 14.4 Å². The number of hydrogen-bond acceptors (Lipinski definition) is 5. The lowest BCUT2D eigenvalue weighted by atomic mass is 10.1. The van der Waals surface area contributed by atoms with Gasteiger partial charge in [-0.3, -0.25) is 14.4 Å². The summed E-state index contributed by atoms with van der Waals surface area (Å²) in [6.07, 6.45) is 3.28. The van der Waals surface area contributed by atoms with Gasteiger partial charge in [0.05, 0.1) is 19.0 Å². The lowest BCUT2D eigenvalue weighted by Gasteiger charge is -2.31. The van der Waals surface area contributed by atoms with Crippen LogP contribution in [0.2, 0.25) is 0 Å². The monoisotopic (exact) mass is 366 g/mol. The number of aromatic nitrogens is 2. The summed E-state index contributed by atoms with van der Waals surface area (Å²) >= 11 is 0. The van der Waals surface area contributed by atoms with Gasteiger partial charge in [-0.05, 0) is 5.56 Å². The van der Waals surface area contributed by atoms with Crippen LogP contribution in [0.3, 0.4) is 0 Å². The molecule has 0 bridgehead atoms. The van der Waals surface area contributed by atoms with E-state index in [4.69, 9.17) is 4.74 Å². The van der Waals surface area contributed by atoms with Gasteiger partial charge in [0.25, 0.3) is 11.5 Å². The molecule has 0 unspecified atom stereocenters. The third-order valence-corrected chi connectivity index (χ3v) is 5.77. The molecule has 1 aromatic heterocycles. The molecule has 0 aliphatic carbocycles. The summed E-state index contributed by atoms with van der Waals surface area (Å²) in [5, 5.41) is 0. The quantitative estimate of drug-likeness (QED) is 0.843. The zero-order valence-corrected chi connectivity index (χ0v) is 14.5. The molecule has 1 N–H and O–H groups in total. The van der Waals surface area contributed by atoms with E-state index in [1.54, 1.807) is 9.80 Å². The van der Waals surface area contributed by atoms with E-state index in [1.807, 2.05) is 30.3 Å². The van der Waals surface area contributed by atoms with Crippen molar-refractivity contribution in [2.24, 2.45) is 0 Å². The lowest BCUT2D eigenvalue weighted by molar-refractivity contribution is -0.138. The Balaban J connectivity index is 1.47. The summed E-state index contributed by atoms with van der Waals surface area (Å²) in [5.41, 5.74) is -0.481. The van der Waals surface area contributed by atoms with Gasteiger partial charge < -0.3 is 19.5 Å². The van der Waals surface area contributed by atoms with Gasteiger partial charge in [0, 0.05) is 25.4 Å². The number of hydrogen-bond donors (Lipinski definition) is 1. The number of carbonyl (C=O) groups excluding carboxylic acids is 2. The molecule has 8 heteroatoms. The highest BCUT2D eigenvalue weighted by molar-refractivity contribution is 5.94. The molecular weight excluding hydrogens is 348 g/mol. The molecule has 8 nitrogen and oxygen atoms in total. The van der Waals surface area contributed by atoms with Gasteiger partial charge in [-0.2, -0.15) is 0 Å². The summed E-state index contributed by atoms with van der Waals surface area (Å²) in [7, 11) is 0. The van der Waals surface area contributed by atoms with Gasteiger partial charge in [-0.1, -0.05) is 30.3 Å². The number of likely N-dealkylation sites (tertiary alicyclic amines) is 1. The highest BCUT2D eigenvalue weighted by atomic mass is 16.5. The number of H-pyrrole nitrogens is 1. The number of aromatic amines is 1. The molecule has 138 valence electrons. The molecule has 1 aromatic carbocycles. The van der Waals surface area contributed by atoms with Crippen molar-refractivity contribution in [3.8, 4) is 0 Å². The van der Waals surface area contributed by atoms with Gasteiger partial charge in [0.1, 0.15) is 6.10 Å². The average molecular weight is 366 g/mol. The zero-order valence-electron chi connectivity index (χ0n) is 14.5. The molecule has 5 rings (SSSR count). The SMILES string of the molecule is O=C(c1ncc[nH]c1=O)N1CC[C@@]23O[C@@H](c4ccccc4)CN2C(=O)C[C@@H]13. The highest BCUT2D eigenvalue weighted by Gasteiger charge is 2.65. The molecule has 2 amide bonds. The van der Waals surface area contributed by atoms with Crippen LogP contribution in [0.4, 0.5) is 0 Å². The van der Waals surface area contributed by atoms with Crippen molar-refractivity contribution in [3.05, 3.63) is 64.3 Å². The number of nitrogens with one attached hydrogen (secondary N) is 1. The van der Waals surface area contributed by atoms with Crippen molar-refractivity contribution in [1.82, 2.24) is 19.8 Å². The second-order valence-corrected chi connectivity index (χ2v) is 7.10. The Morgan fingerprint density at radius 2 is 2.07 bits per heavy atom. The minimum Gasteiger partial charge on any atom is -0.343 e. The van der Waals surface area contributed by atoms with Crippen LogP contribution < -0.4 is 5.56 Å². The first kappa shape index (κ1) is 16.2. The van der Waals surface area contributed by atoms with E-state index >= 15 is 0 Å².